The Hall–Kier alpha value is -2.39. The highest BCUT2D eigenvalue weighted by molar-refractivity contribution is 7.93. The maximum atomic E-state index is 13.8. The van der Waals surface area contributed by atoms with Crippen LogP contribution in [0.25, 0.3) is 0 Å². The van der Waals surface area contributed by atoms with E-state index in [9.17, 15) is 21.6 Å². The van der Waals surface area contributed by atoms with Gasteiger partial charge in [0.2, 0.25) is 0 Å². The van der Waals surface area contributed by atoms with Gasteiger partial charge < -0.3 is 10.1 Å². The van der Waals surface area contributed by atoms with Crippen molar-refractivity contribution in [2.24, 2.45) is 0 Å². The normalized spacial score (nSPS) is 21.0. The molecule has 1 saturated heterocycles. The number of nitrogens with one attached hydrogen (secondary N) is 1. The highest BCUT2D eigenvalue weighted by Gasteiger charge is 2.51. The van der Waals surface area contributed by atoms with Gasteiger partial charge in [-0.25, -0.2) is 8.42 Å². The third-order valence-electron chi connectivity index (χ3n) is 6.04. The third-order valence-corrected chi connectivity index (χ3v) is 8.73. The summed E-state index contributed by atoms with van der Waals surface area (Å²) in [6.07, 6.45) is -4.51. The fourth-order valence-corrected chi connectivity index (χ4v) is 6.23. The number of ether oxygens (including phenoxy) is 1. The van der Waals surface area contributed by atoms with E-state index in [0.29, 0.717) is 11.1 Å². The Labute approximate surface area is 201 Å². The minimum atomic E-state index is -4.65. The summed E-state index contributed by atoms with van der Waals surface area (Å²) in [4.78, 5) is -0.371. The molecule has 0 saturated carbocycles. The van der Waals surface area contributed by atoms with Crippen LogP contribution in [0.5, 0.6) is 0 Å². The third kappa shape index (κ3) is 5.15. The van der Waals surface area contributed by atoms with Gasteiger partial charge >= 0.3 is 6.18 Å². The van der Waals surface area contributed by atoms with E-state index in [1.54, 1.807) is 24.3 Å². The molecule has 9 heteroatoms. The second kappa shape index (κ2) is 9.70. The minimum absolute atomic E-state index is 0.0354. The fourth-order valence-electron chi connectivity index (χ4n) is 4.17. The van der Waals surface area contributed by atoms with Crippen LogP contribution in [0, 0.1) is 0 Å². The molecule has 2 atom stereocenters. The highest BCUT2D eigenvalue weighted by atomic mass is 35.5. The Balaban J connectivity index is 1.66. The molecular formula is C25H23ClF3NO3S. The van der Waals surface area contributed by atoms with Gasteiger partial charge in [0.05, 0.1) is 23.7 Å². The van der Waals surface area contributed by atoms with E-state index in [2.05, 4.69) is 5.32 Å². The summed E-state index contributed by atoms with van der Waals surface area (Å²) in [5.74, 6) is 0. The smallest absolute Gasteiger partial charge is 0.375 e. The first kappa shape index (κ1) is 24.7. The van der Waals surface area contributed by atoms with Crippen LogP contribution in [-0.2, 0) is 27.4 Å². The number of hydrogen-bond donors (Lipinski definition) is 1. The van der Waals surface area contributed by atoms with Crippen molar-refractivity contribution in [2.45, 2.75) is 34.9 Å². The Morgan fingerprint density at radius 2 is 1.71 bits per heavy atom. The van der Waals surface area contributed by atoms with Gasteiger partial charge in [-0.15, -0.1) is 0 Å². The zero-order chi connectivity index (χ0) is 24.4. The van der Waals surface area contributed by atoms with Gasteiger partial charge in [0, 0.05) is 17.6 Å². The SMILES string of the molecule is O=S(=O)(c1cccc(C(F)(F)F)c1)C1(COCc2ccccc2)CNC(c2ccc(Cl)cc2)C1. The topological polar surface area (TPSA) is 55.4 Å². The van der Waals surface area contributed by atoms with E-state index in [-0.39, 0.29) is 37.1 Å². The molecule has 4 rings (SSSR count). The molecule has 1 N–H and O–H groups in total. The predicted octanol–water partition coefficient (Wildman–Crippen LogP) is 5.82. The second-order valence-electron chi connectivity index (χ2n) is 8.38. The van der Waals surface area contributed by atoms with Gasteiger partial charge in [-0.1, -0.05) is 60.1 Å². The molecular weight excluding hydrogens is 487 g/mol. The number of sulfone groups is 1. The molecule has 0 amide bonds. The van der Waals surface area contributed by atoms with Crippen molar-refractivity contribution in [1.29, 1.82) is 0 Å². The van der Waals surface area contributed by atoms with Crippen LogP contribution in [0.15, 0.2) is 83.8 Å². The van der Waals surface area contributed by atoms with Gasteiger partial charge in [0.1, 0.15) is 4.75 Å². The monoisotopic (exact) mass is 509 g/mol. The molecule has 4 nitrogen and oxygen atoms in total. The number of alkyl halides is 3. The zero-order valence-electron chi connectivity index (χ0n) is 18.1. The highest BCUT2D eigenvalue weighted by Crippen LogP contribution is 2.41. The minimum Gasteiger partial charge on any atom is -0.375 e. The molecule has 3 aromatic rings. The van der Waals surface area contributed by atoms with E-state index in [0.717, 1.165) is 23.3 Å². The average Bonchev–Trinajstić information content (AvgIpc) is 3.26. The lowest BCUT2D eigenvalue weighted by molar-refractivity contribution is -0.137. The van der Waals surface area contributed by atoms with E-state index in [1.807, 2.05) is 30.3 Å². The van der Waals surface area contributed by atoms with Gasteiger partial charge in [0.15, 0.2) is 9.84 Å². The largest absolute Gasteiger partial charge is 0.416 e. The van der Waals surface area contributed by atoms with Crippen molar-refractivity contribution in [2.75, 3.05) is 13.2 Å². The molecule has 1 fully saturated rings. The maximum Gasteiger partial charge on any atom is 0.416 e. The summed E-state index contributed by atoms with van der Waals surface area (Å²) in [5.41, 5.74) is 0.706. The van der Waals surface area contributed by atoms with Gasteiger partial charge in [-0.2, -0.15) is 13.2 Å². The molecule has 1 aliphatic rings. The first-order chi connectivity index (χ1) is 16.1. The summed E-state index contributed by atoms with van der Waals surface area (Å²) >= 11 is 5.98. The second-order valence-corrected chi connectivity index (χ2v) is 11.2. The Kier molecular flexibility index (Phi) is 7.05. The lowest BCUT2D eigenvalue weighted by Crippen LogP contribution is -2.45. The molecule has 0 spiro atoms. The van der Waals surface area contributed by atoms with Crippen LogP contribution in [0.4, 0.5) is 13.2 Å². The molecule has 180 valence electrons. The fraction of sp³-hybridized carbons (Fsp3) is 0.280. The summed E-state index contributed by atoms with van der Waals surface area (Å²) in [6, 6.07) is 19.9. The molecule has 0 aliphatic carbocycles. The van der Waals surface area contributed by atoms with Crippen LogP contribution < -0.4 is 5.32 Å². The van der Waals surface area contributed by atoms with Gasteiger partial charge in [-0.05, 0) is 47.9 Å². The number of hydrogen-bond acceptors (Lipinski definition) is 4. The van der Waals surface area contributed by atoms with Crippen LogP contribution >= 0.6 is 11.6 Å². The summed E-state index contributed by atoms with van der Waals surface area (Å²) in [7, 11) is -4.20. The lowest BCUT2D eigenvalue weighted by atomic mass is 10.00. The van der Waals surface area contributed by atoms with E-state index in [1.165, 1.54) is 6.07 Å². The van der Waals surface area contributed by atoms with Gasteiger partial charge in [-0.3, -0.25) is 0 Å². The Bertz CT molecular complexity index is 1230. The van der Waals surface area contributed by atoms with E-state index < -0.39 is 26.3 Å². The van der Waals surface area contributed by atoms with Crippen LogP contribution in [-0.4, -0.2) is 26.3 Å². The Morgan fingerprint density at radius 3 is 2.38 bits per heavy atom. The Morgan fingerprint density at radius 1 is 1.00 bits per heavy atom. The van der Waals surface area contributed by atoms with Crippen molar-refractivity contribution in [3.05, 3.63) is 101 Å². The van der Waals surface area contributed by atoms with Crippen LogP contribution in [0.1, 0.15) is 29.2 Å². The molecule has 1 aliphatic heterocycles. The number of benzene rings is 3. The molecule has 2 unspecified atom stereocenters. The lowest BCUT2D eigenvalue weighted by Gasteiger charge is -2.29. The van der Waals surface area contributed by atoms with Crippen molar-refractivity contribution in [1.82, 2.24) is 5.32 Å². The molecule has 1 heterocycles. The average molecular weight is 510 g/mol. The van der Waals surface area contributed by atoms with Crippen LogP contribution in [0.3, 0.4) is 0 Å². The predicted molar refractivity (Wildman–Crippen MR) is 124 cm³/mol. The first-order valence-corrected chi connectivity index (χ1v) is 12.5. The quantitative estimate of drug-likeness (QED) is 0.436. The molecule has 0 bridgehead atoms. The number of halogens is 4. The summed E-state index contributed by atoms with van der Waals surface area (Å²) < 4.78 is 71.9. The summed E-state index contributed by atoms with van der Waals surface area (Å²) in [6.45, 7) is 0.0531. The van der Waals surface area contributed by atoms with E-state index in [4.69, 9.17) is 16.3 Å². The molecule has 0 radical (unpaired) electrons. The number of rotatable bonds is 7. The van der Waals surface area contributed by atoms with Crippen molar-refractivity contribution < 1.29 is 26.3 Å². The maximum absolute atomic E-state index is 13.8. The van der Waals surface area contributed by atoms with Crippen molar-refractivity contribution in [3.8, 4) is 0 Å². The van der Waals surface area contributed by atoms with Crippen molar-refractivity contribution >= 4 is 21.4 Å². The van der Waals surface area contributed by atoms with E-state index >= 15 is 0 Å². The van der Waals surface area contributed by atoms with Crippen LogP contribution in [0.2, 0.25) is 5.02 Å². The molecule has 0 aromatic heterocycles. The first-order valence-electron chi connectivity index (χ1n) is 10.6. The summed E-state index contributed by atoms with van der Waals surface area (Å²) in [5, 5.41) is 3.78. The molecule has 34 heavy (non-hydrogen) atoms. The van der Waals surface area contributed by atoms with Crippen molar-refractivity contribution in [3.63, 3.8) is 0 Å². The van der Waals surface area contributed by atoms with Gasteiger partial charge in [0.25, 0.3) is 0 Å². The zero-order valence-corrected chi connectivity index (χ0v) is 19.6. The molecule has 3 aromatic carbocycles. The standard InChI is InChI=1S/C25H23ClF3NO3S/c26-21-11-9-19(10-12-21)23-14-24(16-30-23,17-33-15-18-5-2-1-3-6-18)34(31,32)22-8-4-7-20(13-22)25(27,28)29/h1-13,23,30H,14-17H2.